The summed E-state index contributed by atoms with van der Waals surface area (Å²) in [6.45, 7) is 1.91. The summed E-state index contributed by atoms with van der Waals surface area (Å²) in [7, 11) is 0. The van der Waals surface area contributed by atoms with Crippen molar-refractivity contribution in [3.63, 3.8) is 0 Å². The fourth-order valence-electron chi connectivity index (χ4n) is 3.32. The predicted molar refractivity (Wildman–Crippen MR) is 76.6 cm³/mol. The fourth-order valence-corrected chi connectivity index (χ4v) is 3.32. The van der Waals surface area contributed by atoms with Crippen LogP contribution in [0.3, 0.4) is 0 Å². The molecule has 0 aliphatic heterocycles. The number of aryl methyl sites for hydroxylation is 1. The van der Waals surface area contributed by atoms with Gasteiger partial charge in [0.15, 0.2) is 0 Å². The molecular formula is C17H18O3. The third-order valence-electron chi connectivity index (χ3n) is 4.39. The predicted octanol–water partition coefficient (Wildman–Crippen LogP) is 3.61. The monoisotopic (exact) mass is 270 g/mol. The van der Waals surface area contributed by atoms with Crippen LogP contribution in [0.1, 0.15) is 53.6 Å². The Hall–Kier alpha value is -1.90. The first kappa shape index (κ1) is 13.1. The Morgan fingerprint density at radius 2 is 1.70 bits per heavy atom. The molecule has 0 aromatic heterocycles. The molecule has 1 saturated carbocycles. The molecule has 104 valence electrons. The van der Waals surface area contributed by atoms with Gasteiger partial charge in [0.25, 0.3) is 0 Å². The Balaban J connectivity index is 2.14. The van der Waals surface area contributed by atoms with Crippen LogP contribution in [0.5, 0.6) is 0 Å². The van der Waals surface area contributed by atoms with Crippen LogP contribution in [-0.4, -0.2) is 16.7 Å². The van der Waals surface area contributed by atoms with Gasteiger partial charge in [-0.05, 0) is 37.8 Å². The zero-order valence-corrected chi connectivity index (χ0v) is 11.6. The van der Waals surface area contributed by atoms with Crippen LogP contribution in [0.2, 0.25) is 0 Å². The molecule has 1 aromatic rings. The molecule has 1 N–H and O–H groups in total. The van der Waals surface area contributed by atoms with E-state index in [1.54, 1.807) is 18.2 Å². The van der Waals surface area contributed by atoms with Crippen LogP contribution >= 0.6 is 0 Å². The molecule has 3 heteroatoms. The Labute approximate surface area is 118 Å². The van der Waals surface area contributed by atoms with Gasteiger partial charge < -0.3 is 5.11 Å². The van der Waals surface area contributed by atoms with E-state index in [2.05, 4.69) is 0 Å². The van der Waals surface area contributed by atoms with E-state index in [1.165, 1.54) is 6.42 Å². The minimum absolute atomic E-state index is 0.0280. The number of rotatable bonds is 1. The lowest BCUT2D eigenvalue weighted by molar-refractivity contribution is -0.112. The molecule has 3 nitrogen and oxygen atoms in total. The number of carbonyl (C=O) groups is 2. The summed E-state index contributed by atoms with van der Waals surface area (Å²) in [5.41, 5.74) is 2.18. The molecule has 0 radical (unpaired) electrons. The lowest BCUT2D eigenvalue weighted by atomic mass is 9.76. The first-order chi connectivity index (χ1) is 9.59. The molecule has 1 aromatic carbocycles. The van der Waals surface area contributed by atoms with Gasteiger partial charge in [-0.25, -0.2) is 0 Å². The van der Waals surface area contributed by atoms with Crippen molar-refractivity contribution in [3.8, 4) is 0 Å². The summed E-state index contributed by atoms with van der Waals surface area (Å²) >= 11 is 0. The van der Waals surface area contributed by atoms with Crippen molar-refractivity contribution in [2.75, 3.05) is 0 Å². The molecule has 2 aliphatic rings. The highest BCUT2D eigenvalue weighted by Gasteiger charge is 2.37. The summed E-state index contributed by atoms with van der Waals surface area (Å²) in [5, 5.41) is 10.5. The maximum atomic E-state index is 12.3. The van der Waals surface area contributed by atoms with E-state index in [0.717, 1.165) is 31.2 Å². The van der Waals surface area contributed by atoms with Crippen LogP contribution in [0.15, 0.2) is 23.8 Å². The van der Waals surface area contributed by atoms with Crippen LogP contribution in [0.25, 0.3) is 5.76 Å². The largest absolute Gasteiger partial charge is 0.507 e. The van der Waals surface area contributed by atoms with Crippen molar-refractivity contribution in [3.05, 3.63) is 40.5 Å². The van der Waals surface area contributed by atoms with E-state index in [-0.39, 0.29) is 11.7 Å². The number of allylic oxidation sites excluding steroid dienone is 1. The summed E-state index contributed by atoms with van der Waals surface area (Å²) in [5.74, 6) is -0.918. The zero-order chi connectivity index (χ0) is 14.3. The third kappa shape index (κ3) is 1.98. The highest BCUT2D eigenvalue weighted by molar-refractivity contribution is 6.52. The Morgan fingerprint density at radius 1 is 1.00 bits per heavy atom. The number of benzene rings is 1. The molecule has 0 atom stereocenters. The Kier molecular flexibility index (Phi) is 3.20. The Morgan fingerprint density at radius 3 is 2.40 bits per heavy atom. The minimum Gasteiger partial charge on any atom is -0.507 e. The van der Waals surface area contributed by atoms with Gasteiger partial charge in [0.1, 0.15) is 5.76 Å². The number of aliphatic hydroxyl groups is 1. The maximum absolute atomic E-state index is 12.3. The van der Waals surface area contributed by atoms with Gasteiger partial charge >= 0.3 is 0 Å². The number of ketones is 2. The summed E-state index contributed by atoms with van der Waals surface area (Å²) in [6.07, 6.45) is 5.06. The van der Waals surface area contributed by atoms with Gasteiger partial charge in [-0.2, -0.15) is 0 Å². The van der Waals surface area contributed by atoms with E-state index < -0.39 is 11.6 Å². The van der Waals surface area contributed by atoms with Crippen LogP contribution in [0.4, 0.5) is 0 Å². The molecule has 0 unspecified atom stereocenters. The van der Waals surface area contributed by atoms with E-state index in [9.17, 15) is 14.7 Å². The SMILES string of the molecule is Cc1ccc2c(c1)C(O)=C(C1CCCCC1)C(=O)C2=O. The topological polar surface area (TPSA) is 54.4 Å². The third-order valence-corrected chi connectivity index (χ3v) is 4.39. The molecule has 20 heavy (non-hydrogen) atoms. The number of hydrogen-bond donors (Lipinski definition) is 1. The number of aliphatic hydroxyl groups excluding tert-OH is 1. The highest BCUT2D eigenvalue weighted by atomic mass is 16.3. The number of hydrogen-bond acceptors (Lipinski definition) is 3. The standard InChI is InChI=1S/C17H18O3/c1-10-7-8-12-13(9-10)15(18)14(17(20)16(12)19)11-5-3-2-4-6-11/h7-9,11,18H,2-6H2,1H3. The average Bonchev–Trinajstić information content (AvgIpc) is 2.46. The first-order valence-corrected chi connectivity index (χ1v) is 7.23. The van der Waals surface area contributed by atoms with Gasteiger partial charge in [0.05, 0.1) is 0 Å². The summed E-state index contributed by atoms with van der Waals surface area (Å²) < 4.78 is 0. The Bertz CT molecular complexity index is 619. The molecule has 2 aliphatic carbocycles. The second-order valence-electron chi connectivity index (χ2n) is 5.80. The summed E-state index contributed by atoms with van der Waals surface area (Å²) in [6, 6.07) is 5.22. The average molecular weight is 270 g/mol. The van der Waals surface area contributed by atoms with Crippen molar-refractivity contribution < 1.29 is 14.7 Å². The van der Waals surface area contributed by atoms with Crippen LogP contribution in [-0.2, 0) is 4.79 Å². The molecular weight excluding hydrogens is 252 g/mol. The quantitative estimate of drug-likeness (QED) is 0.793. The molecule has 0 spiro atoms. The van der Waals surface area contributed by atoms with Crippen molar-refractivity contribution in [1.29, 1.82) is 0 Å². The fraction of sp³-hybridized carbons (Fsp3) is 0.412. The highest BCUT2D eigenvalue weighted by Crippen LogP contribution is 2.38. The first-order valence-electron chi connectivity index (χ1n) is 7.23. The van der Waals surface area contributed by atoms with Gasteiger partial charge in [0, 0.05) is 16.7 Å². The second kappa shape index (κ2) is 4.89. The van der Waals surface area contributed by atoms with Crippen molar-refractivity contribution >= 4 is 17.3 Å². The lowest BCUT2D eigenvalue weighted by Crippen LogP contribution is -2.29. The van der Waals surface area contributed by atoms with E-state index in [4.69, 9.17) is 0 Å². The van der Waals surface area contributed by atoms with Crippen molar-refractivity contribution in [1.82, 2.24) is 0 Å². The van der Waals surface area contributed by atoms with E-state index in [1.807, 2.05) is 6.92 Å². The smallest absolute Gasteiger partial charge is 0.234 e. The van der Waals surface area contributed by atoms with Crippen molar-refractivity contribution in [2.45, 2.75) is 39.0 Å². The number of Topliss-reactive ketones (excluding diaryl/α,β-unsaturated/α-hetero) is 2. The molecule has 0 heterocycles. The van der Waals surface area contributed by atoms with Gasteiger partial charge in [-0.15, -0.1) is 0 Å². The normalized spacial score (nSPS) is 20.2. The van der Waals surface area contributed by atoms with Gasteiger partial charge in [-0.3, -0.25) is 9.59 Å². The zero-order valence-electron chi connectivity index (χ0n) is 11.6. The van der Waals surface area contributed by atoms with Gasteiger partial charge in [0.2, 0.25) is 11.6 Å². The van der Waals surface area contributed by atoms with E-state index >= 15 is 0 Å². The van der Waals surface area contributed by atoms with Gasteiger partial charge in [-0.1, -0.05) is 30.9 Å². The maximum Gasteiger partial charge on any atom is 0.234 e. The molecule has 0 amide bonds. The van der Waals surface area contributed by atoms with Crippen LogP contribution < -0.4 is 0 Å². The molecule has 0 saturated heterocycles. The minimum atomic E-state index is -0.509. The number of carbonyl (C=O) groups excluding carboxylic acids is 2. The van der Waals surface area contributed by atoms with E-state index in [0.29, 0.717) is 16.7 Å². The van der Waals surface area contributed by atoms with Crippen LogP contribution in [0, 0.1) is 12.8 Å². The lowest BCUT2D eigenvalue weighted by Gasteiger charge is -2.27. The molecule has 0 bridgehead atoms. The second-order valence-corrected chi connectivity index (χ2v) is 5.80. The number of fused-ring (bicyclic) bond motifs is 1. The summed E-state index contributed by atoms with van der Waals surface area (Å²) in [4.78, 5) is 24.5. The molecule has 1 fully saturated rings. The van der Waals surface area contributed by atoms with Crippen molar-refractivity contribution in [2.24, 2.45) is 5.92 Å². The molecule has 3 rings (SSSR count).